The Morgan fingerprint density at radius 1 is 1.22 bits per heavy atom. The Balaban J connectivity index is 1.99. The number of nitrogens with one attached hydrogen (secondary N) is 2. The molecule has 0 atom stereocenters. The van der Waals surface area contributed by atoms with Crippen LogP contribution >= 0.6 is 0 Å². The molecule has 0 aromatic heterocycles. The molecule has 0 bridgehead atoms. The van der Waals surface area contributed by atoms with Gasteiger partial charge < -0.3 is 10.1 Å². The number of nitro groups is 1. The molecule has 0 aliphatic heterocycles. The Hall–Kier alpha value is -4.02. The summed E-state index contributed by atoms with van der Waals surface area (Å²) in [4.78, 5) is 35.3. The Labute approximate surface area is 183 Å². The third kappa shape index (κ3) is 6.24. The maximum atomic E-state index is 12.4. The molecular formula is C19H19N5O7S. The van der Waals surface area contributed by atoms with Gasteiger partial charge in [0.25, 0.3) is 11.6 Å². The highest BCUT2D eigenvalue weighted by Gasteiger charge is 2.23. The summed E-state index contributed by atoms with van der Waals surface area (Å²) in [5.74, 6) is -1.72. The lowest BCUT2D eigenvalue weighted by atomic mass is 10.3. The second-order valence-corrected chi connectivity index (χ2v) is 7.91. The molecule has 12 nitrogen and oxygen atoms in total. The zero-order valence-electron chi connectivity index (χ0n) is 16.8. The number of sulfonamides is 1. The molecule has 2 aromatic rings. The van der Waals surface area contributed by atoms with E-state index in [9.17, 15) is 28.1 Å². The van der Waals surface area contributed by atoms with Crippen LogP contribution in [0.25, 0.3) is 0 Å². The molecule has 2 N–H and O–H groups in total. The van der Waals surface area contributed by atoms with Crippen molar-refractivity contribution in [1.82, 2.24) is 4.72 Å². The van der Waals surface area contributed by atoms with Crippen molar-refractivity contribution >= 4 is 39.0 Å². The van der Waals surface area contributed by atoms with E-state index in [0.29, 0.717) is 5.69 Å². The fourth-order valence-corrected chi connectivity index (χ4v) is 3.54. The maximum Gasteiger partial charge on any atom is 0.321 e. The Bertz CT molecular complexity index is 1150. The Morgan fingerprint density at radius 2 is 1.91 bits per heavy atom. The van der Waals surface area contributed by atoms with E-state index in [2.05, 4.69) is 5.32 Å². The summed E-state index contributed by atoms with van der Waals surface area (Å²) in [6.45, 7) is -1.78. The van der Waals surface area contributed by atoms with Gasteiger partial charge in [0.05, 0.1) is 15.9 Å². The van der Waals surface area contributed by atoms with E-state index in [1.165, 1.54) is 13.1 Å². The van der Waals surface area contributed by atoms with E-state index in [1.54, 1.807) is 30.3 Å². The Morgan fingerprint density at radius 3 is 2.50 bits per heavy atom. The predicted molar refractivity (Wildman–Crippen MR) is 113 cm³/mol. The van der Waals surface area contributed by atoms with E-state index in [0.717, 1.165) is 17.0 Å². The van der Waals surface area contributed by atoms with E-state index < -0.39 is 50.6 Å². The molecular weight excluding hydrogens is 442 g/mol. The summed E-state index contributed by atoms with van der Waals surface area (Å²) in [6.07, 6.45) is 0. The van der Waals surface area contributed by atoms with Crippen LogP contribution in [-0.2, 0) is 24.3 Å². The summed E-state index contributed by atoms with van der Waals surface area (Å²) in [7, 11) is -2.82. The summed E-state index contributed by atoms with van der Waals surface area (Å²) in [6, 6.07) is 13.3. The van der Waals surface area contributed by atoms with Crippen molar-refractivity contribution in [1.29, 1.82) is 5.26 Å². The summed E-state index contributed by atoms with van der Waals surface area (Å²) in [5, 5.41) is 22.6. The molecule has 168 valence electrons. The molecule has 0 fully saturated rings. The van der Waals surface area contributed by atoms with Crippen molar-refractivity contribution in [3.05, 3.63) is 58.6 Å². The molecule has 0 spiro atoms. The molecule has 13 heteroatoms. The lowest BCUT2D eigenvalue weighted by molar-refractivity contribution is -0.384. The first-order chi connectivity index (χ1) is 15.2. The standard InChI is InChI=1S/C19H19N5O7S/c1-21-16-8-7-15(11-17(16)24(27)28)32(29,30)22-12-19(26)31-13-18(25)23(10-9-20)14-5-3-2-4-6-14/h2-8,11,21-22H,10,12-13H2,1H3. The number of hydrogen-bond donors (Lipinski definition) is 2. The summed E-state index contributed by atoms with van der Waals surface area (Å²) >= 11 is 0. The zero-order valence-corrected chi connectivity index (χ0v) is 17.7. The largest absolute Gasteiger partial charge is 0.455 e. The van der Waals surface area contributed by atoms with Crippen molar-refractivity contribution in [2.75, 3.05) is 37.0 Å². The van der Waals surface area contributed by atoms with Gasteiger partial charge in [0.1, 0.15) is 18.8 Å². The molecule has 0 saturated carbocycles. The second kappa shape index (κ2) is 10.8. The van der Waals surface area contributed by atoms with Gasteiger partial charge in [0, 0.05) is 18.8 Å². The molecule has 0 saturated heterocycles. The first kappa shape index (κ1) is 24.3. The number of amides is 1. The molecule has 0 radical (unpaired) electrons. The minimum Gasteiger partial charge on any atom is -0.455 e. The van der Waals surface area contributed by atoms with Crippen LogP contribution < -0.4 is 14.9 Å². The third-order valence-electron chi connectivity index (χ3n) is 4.11. The molecule has 0 heterocycles. The molecule has 32 heavy (non-hydrogen) atoms. The number of anilines is 2. The van der Waals surface area contributed by atoms with E-state index in [1.807, 2.05) is 10.8 Å². The van der Waals surface area contributed by atoms with Crippen molar-refractivity contribution < 1.29 is 27.7 Å². The average molecular weight is 461 g/mol. The minimum absolute atomic E-state index is 0.118. The second-order valence-electron chi connectivity index (χ2n) is 6.14. The number of benzene rings is 2. The first-order valence-electron chi connectivity index (χ1n) is 9.03. The number of nitriles is 1. The monoisotopic (exact) mass is 461 g/mol. The van der Waals surface area contributed by atoms with Gasteiger partial charge >= 0.3 is 5.97 Å². The third-order valence-corrected chi connectivity index (χ3v) is 5.51. The van der Waals surface area contributed by atoms with E-state index in [4.69, 9.17) is 10.00 Å². The first-order valence-corrected chi connectivity index (χ1v) is 10.5. The van der Waals surface area contributed by atoms with Gasteiger partial charge in [0.2, 0.25) is 10.0 Å². The van der Waals surface area contributed by atoms with Crippen molar-refractivity contribution in [2.45, 2.75) is 4.90 Å². The zero-order chi connectivity index (χ0) is 23.7. The van der Waals surface area contributed by atoms with Crippen molar-refractivity contribution in [2.24, 2.45) is 0 Å². The van der Waals surface area contributed by atoms with Crippen LogP contribution in [0.3, 0.4) is 0 Å². The van der Waals surface area contributed by atoms with Crippen LogP contribution in [0.4, 0.5) is 17.1 Å². The molecule has 2 aromatic carbocycles. The van der Waals surface area contributed by atoms with Crippen molar-refractivity contribution in [3.63, 3.8) is 0 Å². The number of nitrogens with zero attached hydrogens (tertiary/aromatic N) is 3. The fourth-order valence-electron chi connectivity index (χ4n) is 2.55. The van der Waals surface area contributed by atoms with Crippen LogP contribution in [-0.4, -0.2) is 52.0 Å². The summed E-state index contributed by atoms with van der Waals surface area (Å²) in [5.41, 5.74) is 0.0941. The summed E-state index contributed by atoms with van der Waals surface area (Å²) < 4.78 is 31.5. The lowest BCUT2D eigenvalue weighted by Gasteiger charge is -2.19. The normalized spacial score (nSPS) is 10.6. The van der Waals surface area contributed by atoms with Gasteiger partial charge in [-0.1, -0.05) is 18.2 Å². The van der Waals surface area contributed by atoms with Gasteiger partial charge in [0.15, 0.2) is 6.61 Å². The van der Waals surface area contributed by atoms with Gasteiger partial charge in [-0.25, -0.2) is 8.42 Å². The van der Waals surface area contributed by atoms with E-state index >= 15 is 0 Å². The number of rotatable bonds is 10. The van der Waals surface area contributed by atoms with Crippen molar-refractivity contribution in [3.8, 4) is 6.07 Å². The number of nitro benzene ring substituents is 1. The average Bonchev–Trinajstić information content (AvgIpc) is 2.79. The van der Waals surface area contributed by atoms with Gasteiger partial charge in [-0.05, 0) is 24.3 Å². The number of carbonyl (C=O) groups excluding carboxylic acids is 2. The highest BCUT2D eigenvalue weighted by molar-refractivity contribution is 7.89. The van der Waals surface area contributed by atoms with Gasteiger partial charge in [-0.15, -0.1) is 0 Å². The topological polar surface area (TPSA) is 172 Å². The smallest absolute Gasteiger partial charge is 0.321 e. The number of carbonyl (C=O) groups is 2. The number of hydrogen-bond acceptors (Lipinski definition) is 9. The van der Waals surface area contributed by atoms with E-state index in [-0.39, 0.29) is 12.2 Å². The van der Waals surface area contributed by atoms with Crippen LogP contribution in [0, 0.1) is 21.4 Å². The number of para-hydroxylation sites is 1. The minimum atomic E-state index is -4.26. The van der Waals surface area contributed by atoms with Crippen LogP contribution in [0.1, 0.15) is 0 Å². The molecule has 0 aliphatic carbocycles. The molecule has 0 aliphatic rings. The molecule has 2 rings (SSSR count). The Kier molecular flexibility index (Phi) is 8.22. The van der Waals surface area contributed by atoms with Gasteiger partial charge in [-0.2, -0.15) is 9.98 Å². The van der Waals surface area contributed by atoms with Crippen LogP contribution in [0.15, 0.2) is 53.4 Å². The molecule has 0 unspecified atom stereocenters. The quantitative estimate of drug-likeness (QED) is 0.227. The highest BCUT2D eigenvalue weighted by Crippen LogP contribution is 2.26. The molecule has 1 amide bonds. The maximum absolute atomic E-state index is 12.4. The van der Waals surface area contributed by atoms with Gasteiger partial charge in [-0.3, -0.25) is 24.6 Å². The predicted octanol–water partition coefficient (Wildman–Crippen LogP) is 1.01. The number of ether oxygens (including phenoxy) is 1. The lowest BCUT2D eigenvalue weighted by Crippen LogP contribution is -2.37. The van der Waals surface area contributed by atoms with Crippen LogP contribution in [0.5, 0.6) is 0 Å². The number of esters is 1. The SMILES string of the molecule is CNc1ccc(S(=O)(=O)NCC(=O)OCC(=O)N(CC#N)c2ccccc2)cc1[N+](=O)[O-]. The van der Waals surface area contributed by atoms with Crippen LogP contribution in [0.2, 0.25) is 0 Å². The fraction of sp³-hybridized carbons (Fsp3) is 0.211. The highest BCUT2D eigenvalue weighted by atomic mass is 32.2.